The van der Waals surface area contributed by atoms with Crippen molar-refractivity contribution in [1.29, 1.82) is 0 Å². The third-order valence-electron chi connectivity index (χ3n) is 2.40. The van der Waals surface area contributed by atoms with E-state index in [1.807, 2.05) is 0 Å². The lowest BCUT2D eigenvalue weighted by Gasteiger charge is -2.14. The van der Waals surface area contributed by atoms with Gasteiger partial charge in [-0.1, -0.05) is 11.6 Å². The van der Waals surface area contributed by atoms with Gasteiger partial charge in [0.2, 0.25) is 0 Å². The van der Waals surface area contributed by atoms with Gasteiger partial charge < -0.3 is 9.47 Å². The van der Waals surface area contributed by atoms with E-state index < -0.39 is 16.3 Å². The number of methoxy groups -OCH3 is 2. The summed E-state index contributed by atoms with van der Waals surface area (Å²) >= 11 is 7.17. The Morgan fingerprint density at radius 1 is 1.53 bits per heavy atom. The van der Waals surface area contributed by atoms with E-state index in [-0.39, 0.29) is 16.7 Å². The lowest BCUT2D eigenvalue weighted by molar-refractivity contribution is -0.0960. The van der Waals surface area contributed by atoms with Crippen LogP contribution in [-0.2, 0) is 19.5 Å². The summed E-state index contributed by atoms with van der Waals surface area (Å²) < 4.78 is 38.0. The molecule has 0 aliphatic heterocycles. The number of nitrogens with zero attached hydrogens (tertiary/aromatic N) is 2. The van der Waals surface area contributed by atoms with E-state index in [9.17, 15) is 8.42 Å². The van der Waals surface area contributed by atoms with Crippen LogP contribution in [0.3, 0.4) is 0 Å². The highest BCUT2D eigenvalue weighted by Gasteiger charge is 2.25. The van der Waals surface area contributed by atoms with Crippen molar-refractivity contribution in [3.63, 3.8) is 0 Å². The Labute approximate surface area is 119 Å². The van der Waals surface area contributed by atoms with Crippen molar-refractivity contribution in [3.8, 4) is 0 Å². The van der Waals surface area contributed by atoms with Crippen LogP contribution in [0.1, 0.15) is 0 Å². The maximum Gasteiger partial charge on any atom is 0.259 e. The van der Waals surface area contributed by atoms with Gasteiger partial charge in [0.1, 0.15) is 0 Å². The number of thiazole rings is 1. The summed E-state index contributed by atoms with van der Waals surface area (Å²) in [5.74, 6) is 0. The molecule has 0 amide bonds. The van der Waals surface area contributed by atoms with Gasteiger partial charge in [0.15, 0.2) is 21.4 Å². The minimum absolute atomic E-state index is 0.0248. The topological polar surface area (TPSA) is 81.9 Å². The van der Waals surface area contributed by atoms with Crippen molar-refractivity contribution in [1.82, 2.24) is 14.1 Å². The maximum atomic E-state index is 12.2. The molecule has 2 aromatic heterocycles. The minimum Gasteiger partial charge on any atom is -0.355 e. The molecule has 0 saturated heterocycles. The number of rotatable bonds is 6. The first-order chi connectivity index (χ1) is 8.99. The quantitative estimate of drug-likeness (QED) is 0.800. The normalized spacial score (nSPS) is 12.6. The molecule has 0 bridgehead atoms. The number of sulfonamides is 1. The average molecular weight is 326 g/mol. The van der Waals surface area contributed by atoms with Crippen LogP contribution in [0.15, 0.2) is 16.6 Å². The first-order valence-electron chi connectivity index (χ1n) is 5.16. The van der Waals surface area contributed by atoms with E-state index in [0.717, 1.165) is 0 Å². The summed E-state index contributed by atoms with van der Waals surface area (Å²) in [5.41, 5.74) is 0. The highest BCUT2D eigenvalue weighted by Crippen LogP contribution is 2.25. The minimum atomic E-state index is -3.79. The zero-order valence-corrected chi connectivity index (χ0v) is 12.5. The summed E-state index contributed by atoms with van der Waals surface area (Å²) in [6.45, 7) is -0.0248. The van der Waals surface area contributed by atoms with Crippen LogP contribution in [0.4, 0.5) is 0 Å². The number of hydrogen-bond acceptors (Lipinski definition) is 6. The predicted octanol–water partition coefficient (Wildman–Crippen LogP) is 0.946. The molecule has 106 valence electrons. The third-order valence-corrected chi connectivity index (χ3v) is 4.98. The molecule has 2 rings (SSSR count). The number of ether oxygens (including phenoxy) is 2. The summed E-state index contributed by atoms with van der Waals surface area (Å²) in [7, 11) is -0.950. The Morgan fingerprint density at radius 2 is 2.21 bits per heavy atom. The van der Waals surface area contributed by atoms with Crippen molar-refractivity contribution in [2.24, 2.45) is 0 Å². The average Bonchev–Trinajstić information content (AvgIpc) is 2.89. The molecule has 0 saturated carbocycles. The molecular formula is C9H12ClN3O4S2. The Morgan fingerprint density at radius 3 is 2.84 bits per heavy atom. The van der Waals surface area contributed by atoms with Crippen LogP contribution in [0, 0.1) is 0 Å². The Balaban J connectivity index is 2.29. The molecule has 0 spiro atoms. The molecular weight excluding hydrogens is 314 g/mol. The van der Waals surface area contributed by atoms with Gasteiger partial charge >= 0.3 is 0 Å². The fraction of sp³-hybridized carbons (Fsp3) is 0.444. The molecule has 19 heavy (non-hydrogen) atoms. The number of imidazole rings is 1. The van der Waals surface area contributed by atoms with Crippen molar-refractivity contribution in [2.45, 2.75) is 11.3 Å². The van der Waals surface area contributed by atoms with Gasteiger partial charge in [-0.15, -0.1) is 11.3 Å². The van der Waals surface area contributed by atoms with Gasteiger partial charge in [0, 0.05) is 25.8 Å². The number of aromatic nitrogens is 2. The summed E-state index contributed by atoms with van der Waals surface area (Å²) in [5, 5.41) is 1.58. The zero-order valence-electron chi connectivity index (χ0n) is 10.2. The second-order valence-corrected chi connectivity index (χ2v) is 6.43. The molecule has 0 radical (unpaired) electrons. The van der Waals surface area contributed by atoms with E-state index >= 15 is 0 Å². The fourth-order valence-corrected chi connectivity index (χ4v) is 3.95. The van der Waals surface area contributed by atoms with Gasteiger partial charge in [-0.2, -0.15) is 0 Å². The van der Waals surface area contributed by atoms with Crippen LogP contribution in [0.2, 0.25) is 5.15 Å². The molecule has 0 aliphatic carbocycles. The molecule has 1 N–H and O–H groups in total. The number of hydrogen-bond donors (Lipinski definition) is 1. The van der Waals surface area contributed by atoms with Gasteiger partial charge in [-0.3, -0.25) is 4.40 Å². The van der Waals surface area contributed by atoms with E-state index in [1.165, 1.54) is 30.0 Å². The molecule has 10 heteroatoms. The molecule has 0 aliphatic rings. The van der Waals surface area contributed by atoms with Gasteiger partial charge in [-0.05, 0) is 0 Å². The van der Waals surface area contributed by atoms with E-state index in [1.54, 1.807) is 11.6 Å². The summed E-state index contributed by atoms with van der Waals surface area (Å²) in [6.07, 6.45) is 0.928. The summed E-state index contributed by atoms with van der Waals surface area (Å²) in [4.78, 5) is 4.49. The zero-order chi connectivity index (χ0) is 14.0. The lowest BCUT2D eigenvalue weighted by atomic mass is 10.6. The number of fused-ring (bicyclic) bond motifs is 1. The van der Waals surface area contributed by atoms with Gasteiger partial charge in [0.05, 0.1) is 6.54 Å². The van der Waals surface area contributed by atoms with E-state index in [2.05, 4.69) is 9.71 Å². The number of nitrogens with one attached hydrogen (secondary N) is 1. The second kappa shape index (κ2) is 5.73. The largest absolute Gasteiger partial charge is 0.355 e. The van der Waals surface area contributed by atoms with Crippen molar-refractivity contribution in [3.05, 3.63) is 16.7 Å². The first-order valence-corrected chi connectivity index (χ1v) is 7.90. The molecule has 0 atom stereocenters. The monoisotopic (exact) mass is 325 g/mol. The van der Waals surface area contributed by atoms with Crippen molar-refractivity contribution in [2.75, 3.05) is 20.8 Å². The van der Waals surface area contributed by atoms with Crippen LogP contribution < -0.4 is 4.72 Å². The SMILES string of the molecule is COC(CNS(=O)(=O)c1c(Cl)nc2sccn12)OC. The molecule has 0 aromatic carbocycles. The van der Waals surface area contributed by atoms with Gasteiger partial charge in [-0.25, -0.2) is 18.1 Å². The van der Waals surface area contributed by atoms with Crippen LogP contribution in [-0.4, -0.2) is 44.9 Å². The highest BCUT2D eigenvalue weighted by molar-refractivity contribution is 7.89. The van der Waals surface area contributed by atoms with E-state index in [4.69, 9.17) is 21.1 Å². The molecule has 0 unspecified atom stereocenters. The smallest absolute Gasteiger partial charge is 0.259 e. The molecule has 7 nitrogen and oxygen atoms in total. The first kappa shape index (κ1) is 14.7. The van der Waals surface area contributed by atoms with E-state index in [0.29, 0.717) is 4.96 Å². The maximum absolute atomic E-state index is 12.2. The lowest BCUT2D eigenvalue weighted by Crippen LogP contribution is -2.34. The third kappa shape index (κ3) is 2.91. The van der Waals surface area contributed by atoms with Crippen LogP contribution in [0.25, 0.3) is 4.96 Å². The van der Waals surface area contributed by atoms with Gasteiger partial charge in [0.25, 0.3) is 10.0 Å². The Kier molecular flexibility index (Phi) is 4.43. The van der Waals surface area contributed by atoms with Crippen molar-refractivity contribution >= 4 is 37.9 Å². The van der Waals surface area contributed by atoms with Crippen LogP contribution in [0.5, 0.6) is 0 Å². The predicted molar refractivity (Wildman–Crippen MR) is 71.1 cm³/mol. The Hall–Kier alpha value is -0.710. The second-order valence-electron chi connectivity index (χ2n) is 3.52. The van der Waals surface area contributed by atoms with Crippen LogP contribution >= 0.6 is 22.9 Å². The number of halogens is 1. The molecule has 2 aromatic rings. The standard InChI is InChI=1S/C9H12ClN3O4S2/c1-16-6(17-2)5-11-19(14,15)8-7(10)12-9-13(8)3-4-18-9/h3-4,6,11H,5H2,1-2H3. The molecule has 0 fully saturated rings. The van der Waals surface area contributed by atoms with Crippen molar-refractivity contribution < 1.29 is 17.9 Å². The Bertz CT molecular complexity index is 662. The molecule has 2 heterocycles. The fourth-order valence-electron chi connectivity index (χ4n) is 1.49. The summed E-state index contributed by atoms with van der Waals surface area (Å²) in [6, 6.07) is 0. The highest BCUT2D eigenvalue weighted by atomic mass is 35.5.